The summed E-state index contributed by atoms with van der Waals surface area (Å²) in [4.78, 5) is 17.9. The molecule has 0 N–H and O–H groups in total. The molecule has 0 amide bonds. The van der Waals surface area contributed by atoms with Crippen LogP contribution in [-0.4, -0.2) is 16.3 Å². The molecule has 0 fully saturated rings. The summed E-state index contributed by atoms with van der Waals surface area (Å²) in [5.41, 5.74) is 0.710. The second-order valence-corrected chi connectivity index (χ2v) is 3.38. The minimum absolute atomic E-state index is 0.126. The Balaban J connectivity index is 2.18. The topological polar surface area (TPSA) is 79.8 Å². The molecule has 0 aromatic carbocycles. The van der Waals surface area contributed by atoms with E-state index in [2.05, 4.69) is 9.97 Å². The number of carbonyl (C=O) groups is 1. The van der Waals surface area contributed by atoms with Gasteiger partial charge in [-0.2, -0.15) is 5.26 Å². The maximum Gasteiger partial charge on any atom is 0.232 e. The molecule has 0 radical (unpaired) electrons. The lowest BCUT2D eigenvalue weighted by atomic mass is 10.2. The van der Waals surface area contributed by atoms with E-state index < -0.39 is 0 Å². The van der Waals surface area contributed by atoms with Crippen LogP contribution >= 0.6 is 0 Å². The fourth-order valence-electron chi connectivity index (χ4n) is 1.38. The Hall–Kier alpha value is -2.48. The molecule has 0 aliphatic carbocycles. The molecule has 0 saturated heterocycles. The summed E-state index contributed by atoms with van der Waals surface area (Å²) in [5.74, 6) is 1.51. The van der Waals surface area contributed by atoms with Crippen molar-refractivity contribution in [2.45, 2.75) is 12.8 Å². The van der Waals surface area contributed by atoms with E-state index in [0.717, 1.165) is 12.0 Å². The van der Waals surface area contributed by atoms with E-state index in [4.69, 9.17) is 9.68 Å². The second kappa shape index (κ2) is 5.03. The van der Waals surface area contributed by atoms with Crippen LogP contribution in [0.4, 0.5) is 0 Å². The first-order valence-electron chi connectivity index (χ1n) is 5.08. The smallest absolute Gasteiger partial charge is 0.232 e. The summed E-state index contributed by atoms with van der Waals surface area (Å²) in [6.07, 6.45) is 4.95. The second-order valence-electron chi connectivity index (χ2n) is 3.38. The molecule has 2 heterocycles. The normalized spacial score (nSPS) is 9.82. The van der Waals surface area contributed by atoms with Gasteiger partial charge < -0.3 is 9.21 Å². The van der Waals surface area contributed by atoms with E-state index in [1.54, 1.807) is 6.07 Å². The molecule has 0 aliphatic rings. The van der Waals surface area contributed by atoms with Gasteiger partial charge in [0.05, 0.1) is 5.56 Å². The zero-order chi connectivity index (χ0) is 12.1. The molecule has 0 bridgehead atoms. The molecular weight excluding hydrogens is 218 g/mol. The van der Waals surface area contributed by atoms with Crippen molar-refractivity contribution in [2.24, 2.45) is 0 Å². The molecule has 0 atom stereocenters. The number of nitriles is 1. The third-order valence-corrected chi connectivity index (χ3v) is 2.21. The number of nitrogens with zero attached hydrogens (tertiary/aromatic N) is 3. The number of aromatic nitrogens is 2. The molecule has 84 valence electrons. The van der Waals surface area contributed by atoms with Crippen LogP contribution in [0.15, 0.2) is 28.9 Å². The number of aryl methyl sites for hydroxylation is 1. The molecule has 0 saturated carbocycles. The Morgan fingerprint density at radius 1 is 1.35 bits per heavy atom. The lowest BCUT2D eigenvalue weighted by Gasteiger charge is -1.95. The van der Waals surface area contributed by atoms with Crippen molar-refractivity contribution in [3.63, 3.8) is 0 Å². The third-order valence-electron chi connectivity index (χ3n) is 2.21. The minimum Gasteiger partial charge on any atom is -0.461 e. The van der Waals surface area contributed by atoms with Gasteiger partial charge in [0.15, 0.2) is 0 Å². The van der Waals surface area contributed by atoms with E-state index in [1.165, 1.54) is 12.4 Å². The van der Waals surface area contributed by atoms with Crippen LogP contribution in [0.3, 0.4) is 0 Å². The van der Waals surface area contributed by atoms with Crippen LogP contribution in [-0.2, 0) is 11.2 Å². The molecular formula is C12H9N3O2. The maximum absolute atomic E-state index is 10.2. The Bertz CT molecular complexity index is 552. The number of hydrogen-bond donors (Lipinski definition) is 0. The van der Waals surface area contributed by atoms with Crippen LogP contribution in [0.2, 0.25) is 0 Å². The third kappa shape index (κ3) is 2.55. The minimum atomic E-state index is 0.126. The van der Waals surface area contributed by atoms with Crippen molar-refractivity contribution in [2.75, 3.05) is 0 Å². The summed E-state index contributed by atoms with van der Waals surface area (Å²) in [6.45, 7) is 0. The van der Waals surface area contributed by atoms with Gasteiger partial charge in [-0.15, -0.1) is 0 Å². The standard InChI is InChI=1S/C12H9N3O2/c13-6-12-14-7-9(8-15-12)11-4-3-10(17-11)2-1-5-16/h3-5,7-8H,1-2H2. The highest BCUT2D eigenvalue weighted by Crippen LogP contribution is 2.21. The maximum atomic E-state index is 10.2. The van der Waals surface area contributed by atoms with Crippen LogP contribution in [0.25, 0.3) is 11.3 Å². The van der Waals surface area contributed by atoms with Crippen molar-refractivity contribution < 1.29 is 9.21 Å². The van der Waals surface area contributed by atoms with E-state index in [0.29, 0.717) is 24.2 Å². The Morgan fingerprint density at radius 2 is 2.12 bits per heavy atom. The van der Waals surface area contributed by atoms with Gasteiger partial charge >= 0.3 is 0 Å². The Morgan fingerprint density at radius 3 is 2.76 bits per heavy atom. The number of aldehydes is 1. The zero-order valence-corrected chi connectivity index (χ0v) is 8.96. The molecule has 2 aromatic heterocycles. The first kappa shape index (κ1) is 11.0. The van der Waals surface area contributed by atoms with Gasteiger partial charge in [0.25, 0.3) is 0 Å². The van der Waals surface area contributed by atoms with Crippen LogP contribution in [0.5, 0.6) is 0 Å². The zero-order valence-electron chi connectivity index (χ0n) is 8.96. The van der Waals surface area contributed by atoms with E-state index in [9.17, 15) is 4.79 Å². The van der Waals surface area contributed by atoms with Crippen molar-refractivity contribution in [1.82, 2.24) is 9.97 Å². The highest BCUT2D eigenvalue weighted by atomic mass is 16.3. The molecule has 0 aliphatic heterocycles. The highest BCUT2D eigenvalue weighted by Gasteiger charge is 2.05. The average molecular weight is 227 g/mol. The van der Waals surface area contributed by atoms with Gasteiger partial charge in [0.2, 0.25) is 5.82 Å². The first-order chi connectivity index (χ1) is 8.33. The molecule has 2 rings (SSSR count). The molecule has 5 nitrogen and oxygen atoms in total. The van der Waals surface area contributed by atoms with Crippen molar-refractivity contribution in [1.29, 1.82) is 5.26 Å². The summed E-state index contributed by atoms with van der Waals surface area (Å²) >= 11 is 0. The van der Waals surface area contributed by atoms with Crippen molar-refractivity contribution >= 4 is 6.29 Å². The lowest BCUT2D eigenvalue weighted by molar-refractivity contribution is -0.107. The lowest BCUT2D eigenvalue weighted by Crippen LogP contribution is -1.87. The predicted octanol–water partition coefficient (Wildman–Crippen LogP) is 1.74. The monoisotopic (exact) mass is 227 g/mol. The SMILES string of the molecule is N#Cc1ncc(-c2ccc(CCC=O)o2)cn1. The van der Waals surface area contributed by atoms with Crippen LogP contribution in [0.1, 0.15) is 18.0 Å². The predicted molar refractivity (Wildman–Crippen MR) is 58.8 cm³/mol. The fraction of sp³-hybridized carbons (Fsp3) is 0.167. The highest BCUT2D eigenvalue weighted by molar-refractivity contribution is 5.55. The molecule has 0 spiro atoms. The summed E-state index contributed by atoms with van der Waals surface area (Å²) < 4.78 is 5.52. The molecule has 2 aromatic rings. The Kier molecular flexibility index (Phi) is 3.26. The van der Waals surface area contributed by atoms with Gasteiger partial charge in [-0.05, 0) is 12.1 Å². The largest absolute Gasteiger partial charge is 0.461 e. The molecule has 0 unspecified atom stereocenters. The number of carbonyl (C=O) groups excluding carboxylic acids is 1. The van der Waals surface area contributed by atoms with E-state index >= 15 is 0 Å². The van der Waals surface area contributed by atoms with Gasteiger partial charge in [0, 0.05) is 25.2 Å². The fourth-order valence-corrected chi connectivity index (χ4v) is 1.38. The van der Waals surface area contributed by atoms with Crippen LogP contribution < -0.4 is 0 Å². The summed E-state index contributed by atoms with van der Waals surface area (Å²) in [7, 11) is 0. The van der Waals surface area contributed by atoms with Crippen molar-refractivity contribution in [3.05, 3.63) is 36.1 Å². The van der Waals surface area contributed by atoms with Gasteiger partial charge in [-0.3, -0.25) is 0 Å². The first-order valence-corrected chi connectivity index (χ1v) is 5.08. The van der Waals surface area contributed by atoms with Gasteiger partial charge in [-0.1, -0.05) is 0 Å². The van der Waals surface area contributed by atoms with E-state index in [-0.39, 0.29) is 5.82 Å². The van der Waals surface area contributed by atoms with E-state index in [1.807, 2.05) is 12.1 Å². The van der Waals surface area contributed by atoms with Gasteiger partial charge in [0.1, 0.15) is 23.9 Å². The number of hydrogen-bond acceptors (Lipinski definition) is 5. The quantitative estimate of drug-likeness (QED) is 0.743. The molecule has 5 heteroatoms. The average Bonchev–Trinajstić information content (AvgIpc) is 2.85. The van der Waals surface area contributed by atoms with Crippen LogP contribution in [0, 0.1) is 11.3 Å². The summed E-state index contributed by atoms with van der Waals surface area (Å²) in [5, 5.41) is 8.57. The van der Waals surface area contributed by atoms with Crippen molar-refractivity contribution in [3.8, 4) is 17.4 Å². The van der Waals surface area contributed by atoms with Gasteiger partial charge in [-0.25, -0.2) is 9.97 Å². The number of furan rings is 1. The Labute approximate surface area is 97.7 Å². The summed E-state index contributed by atoms with van der Waals surface area (Å²) in [6, 6.07) is 5.46. The number of rotatable bonds is 4. The molecule has 17 heavy (non-hydrogen) atoms.